The second-order valence-corrected chi connectivity index (χ2v) is 6.01. The van der Waals surface area contributed by atoms with E-state index in [1.165, 1.54) is 0 Å². The maximum atomic E-state index is 11.5. The summed E-state index contributed by atoms with van der Waals surface area (Å²) in [5.41, 5.74) is 0.842. The predicted octanol–water partition coefficient (Wildman–Crippen LogP) is 2.56. The summed E-state index contributed by atoms with van der Waals surface area (Å²) >= 11 is 0. The molecule has 114 valence electrons. The van der Waals surface area contributed by atoms with E-state index >= 15 is 0 Å². The Kier molecular flexibility index (Phi) is 4.34. The molecule has 2 N–H and O–H groups in total. The van der Waals surface area contributed by atoms with E-state index in [4.69, 9.17) is 4.42 Å². The summed E-state index contributed by atoms with van der Waals surface area (Å²) in [6.07, 6.45) is 0. The number of fused-ring (bicyclic) bond motifs is 1. The van der Waals surface area contributed by atoms with Crippen LogP contribution in [0.1, 0.15) is 30.0 Å². The minimum Gasteiger partial charge on any atom is -0.478 e. The molecule has 0 aliphatic carbocycles. The van der Waals surface area contributed by atoms with E-state index in [0.717, 1.165) is 6.54 Å². The van der Waals surface area contributed by atoms with Crippen LogP contribution in [0.25, 0.3) is 11.0 Å². The highest BCUT2D eigenvalue weighted by Gasteiger charge is 2.22. The third-order valence-corrected chi connectivity index (χ3v) is 3.94. The molecular weight excluding hydrogens is 268 g/mol. The molecule has 0 bridgehead atoms. The van der Waals surface area contributed by atoms with Crippen molar-refractivity contribution in [3.8, 4) is 0 Å². The van der Waals surface area contributed by atoms with Crippen LogP contribution in [0.15, 0.2) is 28.7 Å². The van der Waals surface area contributed by atoms with Crippen molar-refractivity contribution in [3.63, 3.8) is 0 Å². The Balaban J connectivity index is 2.19. The molecule has 1 aromatic carbocycles. The Labute approximate surface area is 124 Å². The first kappa shape index (κ1) is 15.5. The molecule has 0 saturated heterocycles. The van der Waals surface area contributed by atoms with E-state index in [2.05, 4.69) is 24.1 Å². The third-order valence-electron chi connectivity index (χ3n) is 3.94. The maximum Gasteiger partial charge on any atom is 0.339 e. The van der Waals surface area contributed by atoms with Gasteiger partial charge in [-0.15, -0.1) is 0 Å². The number of para-hydroxylation sites is 1. The van der Waals surface area contributed by atoms with Gasteiger partial charge in [-0.1, -0.05) is 18.2 Å². The first-order chi connectivity index (χ1) is 9.83. The van der Waals surface area contributed by atoms with E-state index in [1.54, 1.807) is 12.1 Å². The van der Waals surface area contributed by atoms with Gasteiger partial charge < -0.3 is 19.7 Å². The van der Waals surface area contributed by atoms with Crippen molar-refractivity contribution in [1.82, 2.24) is 10.2 Å². The van der Waals surface area contributed by atoms with Gasteiger partial charge in [0.25, 0.3) is 0 Å². The minimum absolute atomic E-state index is 0.0185. The van der Waals surface area contributed by atoms with Crippen LogP contribution < -0.4 is 5.32 Å². The van der Waals surface area contributed by atoms with Crippen LogP contribution in [0.3, 0.4) is 0 Å². The highest BCUT2D eigenvalue weighted by molar-refractivity contribution is 6.03. The number of nitrogens with zero attached hydrogens (tertiary/aromatic N) is 1. The van der Waals surface area contributed by atoms with Crippen molar-refractivity contribution in [2.75, 3.05) is 20.6 Å². The number of carboxylic acid groups (broad SMARTS) is 1. The van der Waals surface area contributed by atoms with Crippen molar-refractivity contribution in [2.24, 2.45) is 0 Å². The number of benzene rings is 1. The fourth-order valence-electron chi connectivity index (χ4n) is 2.10. The van der Waals surface area contributed by atoms with Crippen LogP contribution in [0.4, 0.5) is 0 Å². The second-order valence-electron chi connectivity index (χ2n) is 6.01. The third kappa shape index (κ3) is 3.25. The topological polar surface area (TPSA) is 65.7 Å². The SMILES string of the molecule is CN(C)C(C)(C)CNCc1oc2ccccc2c1C(=O)O. The van der Waals surface area contributed by atoms with Crippen LogP contribution in [-0.2, 0) is 6.54 Å². The van der Waals surface area contributed by atoms with E-state index in [-0.39, 0.29) is 11.1 Å². The molecule has 2 rings (SSSR count). The second kappa shape index (κ2) is 5.87. The van der Waals surface area contributed by atoms with Crippen LogP contribution in [0, 0.1) is 0 Å². The van der Waals surface area contributed by atoms with Gasteiger partial charge in [0, 0.05) is 17.5 Å². The maximum absolute atomic E-state index is 11.5. The molecule has 0 aliphatic heterocycles. The van der Waals surface area contributed by atoms with Gasteiger partial charge in [0.1, 0.15) is 16.9 Å². The van der Waals surface area contributed by atoms with Gasteiger partial charge in [-0.25, -0.2) is 4.79 Å². The summed E-state index contributed by atoms with van der Waals surface area (Å²) in [7, 11) is 4.04. The van der Waals surface area contributed by atoms with Gasteiger partial charge in [0.05, 0.1) is 6.54 Å². The van der Waals surface area contributed by atoms with Crippen molar-refractivity contribution in [2.45, 2.75) is 25.9 Å². The summed E-state index contributed by atoms with van der Waals surface area (Å²) in [4.78, 5) is 13.6. The number of hydrogen-bond acceptors (Lipinski definition) is 4. The molecule has 5 nitrogen and oxygen atoms in total. The largest absolute Gasteiger partial charge is 0.478 e. The summed E-state index contributed by atoms with van der Waals surface area (Å²) in [5.74, 6) is -0.484. The van der Waals surface area contributed by atoms with E-state index in [0.29, 0.717) is 23.3 Å². The number of carboxylic acids is 1. The highest BCUT2D eigenvalue weighted by Crippen LogP contribution is 2.25. The van der Waals surface area contributed by atoms with Crippen LogP contribution in [-0.4, -0.2) is 42.2 Å². The summed E-state index contributed by atoms with van der Waals surface area (Å²) < 4.78 is 5.68. The molecule has 5 heteroatoms. The molecule has 1 aromatic heterocycles. The van der Waals surface area contributed by atoms with Crippen molar-refractivity contribution >= 4 is 16.9 Å². The predicted molar refractivity (Wildman–Crippen MR) is 82.6 cm³/mol. The van der Waals surface area contributed by atoms with Crippen molar-refractivity contribution in [1.29, 1.82) is 0 Å². The first-order valence-corrected chi connectivity index (χ1v) is 6.95. The van der Waals surface area contributed by atoms with Gasteiger partial charge in [-0.3, -0.25) is 0 Å². The summed E-state index contributed by atoms with van der Waals surface area (Å²) in [6, 6.07) is 7.21. The average molecular weight is 290 g/mol. The Hall–Kier alpha value is -1.85. The molecule has 0 atom stereocenters. The van der Waals surface area contributed by atoms with Crippen LogP contribution >= 0.6 is 0 Å². The molecule has 0 spiro atoms. The van der Waals surface area contributed by atoms with Crippen molar-refractivity contribution in [3.05, 3.63) is 35.6 Å². The zero-order chi connectivity index (χ0) is 15.6. The quantitative estimate of drug-likeness (QED) is 0.856. The molecule has 0 saturated carbocycles. The van der Waals surface area contributed by atoms with Crippen LogP contribution in [0.2, 0.25) is 0 Å². The Bertz CT molecular complexity index is 644. The fraction of sp³-hybridized carbons (Fsp3) is 0.438. The Morgan fingerprint density at radius 3 is 2.62 bits per heavy atom. The first-order valence-electron chi connectivity index (χ1n) is 6.95. The molecule has 21 heavy (non-hydrogen) atoms. The molecule has 0 unspecified atom stereocenters. The molecule has 0 aliphatic rings. The smallest absolute Gasteiger partial charge is 0.339 e. The van der Waals surface area contributed by atoms with E-state index in [1.807, 2.05) is 26.2 Å². The highest BCUT2D eigenvalue weighted by atomic mass is 16.4. The Morgan fingerprint density at radius 2 is 2.00 bits per heavy atom. The standard InChI is InChI=1S/C16H22N2O3/c1-16(2,18(3)4)10-17-9-13-14(15(19)20)11-7-5-6-8-12(11)21-13/h5-8,17H,9-10H2,1-4H3,(H,19,20). The van der Waals surface area contributed by atoms with Gasteiger partial charge in [-0.05, 0) is 34.0 Å². The van der Waals surface area contributed by atoms with Gasteiger partial charge in [0.2, 0.25) is 0 Å². The molecular formula is C16H22N2O3. The lowest BCUT2D eigenvalue weighted by Crippen LogP contribution is -2.46. The van der Waals surface area contributed by atoms with E-state index < -0.39 is 5.97 Å². The number of rotatable bonds is 6. The molecule has 0 amide bonds. The zero-order valence-electron chi connectivity index (χ0n) is 12.9. The Morgan fingerprint density at radius 1 is 1.33 bits per heavy atom. The normalized spacial score (nSPS) is 12.2. The number of likely N-dealkylation sites (N-methyl/N-ethyl adjacent to an activating group) is 1. The lowest BCUT2D eigenvalue weighted by Gasteiger charge is -2.32. The van der Waals surface area contributed by atoms with Crippen LogP contribution in [0.5, 0.6) is 0 Å². The summed E-state index contributed by atoms with van der Waals surface area (Å²) in [5, 5.41) is 13.3. The average Bonchev–Trinajstić information content (AvgIpc) is 2.76. The minimum atomic E-state index is -0.955. The van der Waals surface area contributed by atoms with Gasteiger partial charge >= 0.3 is 5.97 Å². The van der Waals surface area contributed by atoms with Gasteiger partial charge in [0.15, 0.2) is 0 Å². The molecule has 0 fully saturated rings. The molecule has 1 heterocycles. The zero-order valence-corrected chi connectivity index (χ0v) is 12.9. The number of furan rings is 1. The number of carbonyl (C=O) groups is 1. The summed E-state index contributed by atoms with van der Waals surface area (Å²) in [6.45, 7) is 5.37. The monoisotopic (exact) mass is 290 g/mol. The fourth-order valence-corrected chi connectivity index (χ4v) is 2.10. The lowest BCUT2D eigenvalue weighted by atomic mass is 10.0. The number of nitrogens with one attached hydrogen (secondary N) is 1. The van der Waals surface area contributed by atoms with Crippen molar-refractivity contribution < 1.29 is 14.3 Å². The van der Waals surface area contributed by atoms with Gasteiger partial charge in [-0.2, -0.15) is 0 Å². The number of aromatic carboxylic acids is 1. The van der Waals surface area contributed by atoms with E-state index in [9.17, 15) is 9.90 Å². The number of hydrogen-bond donors (Lipinski definition) is 2. The molecule has 2 aromatic rings. The molecule has 0 radical (unpaired) electrons. The lowest BCUT2D eigenvalue weighted by molar-refractivity contribution is 0.0696.